The second-order valence-corrected chi connectivity index (χ2v) is 4.70. The van der Waals surface area contributed by atoms with Crippen molar-refractivity contribution in [3.63, 3.8) is 0 Å². The average molecular weight is 234 g/mol. The van der Waals surface area contributed by atoms with Gasteiger partial charge in [0.25, 0.3) is 0 Å². The van der Waals surface area contributed by atoms with Gasteiger partial charge in [0.2, 0.25) is 5.88 Å². The first-order chi connectivity index (χ1) is 8.02. The van der Waals surface area contributed by atoms with Crippen molar-refractivity contribution in [2.75, 3.05) is 6.61 Å². The molecule has 0 bridgehead atoms. The molecule has 1 unspecified atom stereocenters. The van der Waals surface area contributed by atoms with Gasteiger partial charge in [0.15, 0.2) is 5.65 Å². The molecule has 0 aliphatic rings. The Bertz CT molecular complexity index is 518. The fourth-order valence-electron chi connectivity index (χ4n) is 1.46. The van der Waals surface area contributed by atoms with E-state index in [2.05, 4.69) is 10.1 Å². The van der Waals surface area contributed by atoms with Crippen LogP contribution in [0, 0.1) is 6.92 Å². The summed E-state index contributed by atoms with van der Waals surface area (Å²) in [4.78, 5) is 4.15. The van der Waals surface area contributed by atoms with E-state index in [0.717, 1.165) is 17.6 Å². The lowest BCUT2D eigenvalue weighted by molar-refractivity contribution is 0.214. The standard InChI is InChI=1S/C12H18N4O/c1-4-12(3,13)7-17-11-6-9(2)5-10-14-8-15-16(10)11/h5-6,8H,4,7,13H2,1-3H3. The molecule has 2 N–H and O–H groups in total. The van der Waals surface area contributed by atoms with Crippen LogP contribution in [0.15, 0.2) is 18.5 Å². The van der Waals surface area contributed by atoms with Crippen molar-refractivity contribution in [3.05, 3.63) is 24.0 Å². The summed E-state index contributed by atoms with van der Waals surface area (Å²) in [7, 11) is 0. The minimum Gasteiger partial charge on any atom is -0.476 e. The lowest BCUT2D eigenvalue weighted by atomic mass is 10.0. The van der Waals surface area contributed by atoms with Crippen molar-refractivity contribution in [3.8, 4) is 5.88 Å². The molecule has 0 spiro atoms. The second kappa shape index (κ2) is 4.33. The van der Waals surface area contributed by atoms with Gasteiger partial charge in [0.1, 0.15) is 12.9 Å². The summed E-state index contributed by atoms with van der Waals surface area (Å²) in [5, 5.41) is 4.13. The molecule has 0 radical (unpaired) electrons. The molecule has 5 heteroatoms. The van der Waals surface area contributed by atoms with Crippen LogP contribution < -0.4 is 10.5 Å². The summed E-state index contributed by atoms with van der Waals surface area (Å²) in [5.41, 5.74) is 7.61. The van der Waals surface area contributed by atoms with Gasteiger partial charge >= 0.3 is 0 Å². The highest BCUT2D eigenvalue weighted by molar-refractivity contribution is 5.43. The topological polar surface area (TPSA) is 65.4 Å². The van der Waals surface area contributed by atoms with Gasteiger partial charge in [-0.25, -0.2) is 4.98 Å². The predicted octanol–water partition coefficient (Wildman–Crippen LogP) is 1.54. The molecule has 0 saturated heterocycles. The SMILES string of the molecule is CCC(C)(N)COc1cc(C)cc2ncnn12. The molecule has 0 fully saturated rings. The Morgan fingerprint density at radius 3 is 2.94 bits per heavy atom. The summed E-state index contributed by atoms with van der Waals surface area (Å²) in [6, 6.07) is 3.90. The fourth-order valence-corrected chi connectivity index (χ4v) is 1.46. The molecule has 0 saturated carbocycles. The van der Waals surface area contributed by atoms with Crippen molar-refractivity contribution in [2.45, 2.75) is 32.7 Å². The first-order valence-corrected chi connectivity index (χ1v) is 5.74. The minimum absolute atomic E-state index is 0.323. The molecule has 2 aromatic rings. The monoisotopic (exact) mass is 234 g/mol. The van der Waals surface area contributed by atoms with Crippen molar-refractivity contribution in [2.24, 2.45) is 5.73 Å². The molecule has 0 aliphatic carbocycles. The quantitative estimate of drug-likeness (QED) is 0.871. The van der Waals surface area contributed by atoms with Crippen LogP contribution in [0.4, 0.5) is 0 Å². The fraction of sp³-hybridized carbons (Fsp3) is 0.500. The maximum atomic E-state index is 6.05. The number of aryl methyl sites for hydroxylation is 1. The molecule has 0 aromatic carbocycles. The van der Waals surface area contributed by atoms with Crippen LogP contribution in [0.25, 0.3) is 5.65 Å². The summed E-state index contributed by atoms with van der Waals surface area (Å²) in [6.07, 6.45) is 2.38. The third kappa shape index (κ3) is 2.55. The Labute approximate surface area is 101 Å². The van der Waals surface area contributed by atoms with E-state index >= 15 is 0 Å². The number of aromatic nitrogens is 3. The van der Waals surface area contributed by atoms with Crippen LogP contribution in [-0.2, 0) is 0 Å². The molecule has 92 valence electrons. The van der Waals surface area contributed by atoms with Gasteiger partial charge in [0.05, 0.1) is 0 Å². The zero-order valence-corrected chi connectivity index (χ0v) is 10.5. The largest absolute Gasteiger partial charge is 0.476 e. The van der Waals surface area contributed by atoms with E-state index < -0.39 is 0 Å². The average Bonchev–Trinajstić information content (AvgIpc) is 2.73. The number of rotatable bonds is 4. The van der Waals surface area contributed by atoms with Crippen LogP contribution in [0.5, 0.6) is 5.88 Å². The third-order valence-electron chi connectivity index (χ3n) is 2.85. The van der Waals surface area contributed by atoms with Crippen LogP contribution in [0.3, 0.4) is 0 Å². The van der Waals surface area contributed by atoms with Crippen molar-refractivity contribution < 1.29 is 4.74 Å². The van der Waals surface area contributed by atoms with Gasteiger partial charge in [-0.05, 0) is 31.9 Å². The van der Waals surface area contributed by atoms with E-state index in [4.69, 9.17) is 10.5 Å². The number of hydrogen-bond donors (Lipinski definition) is 1. The van der Waals surface area contributed by atoms with E-state index in [1.807, 2.05) is 32.9 Å². The maximum absolute atomic E-state index is 6.05. The summed E-state index contributed by atoms with van der Waals surface area (Å²) >= 11 is 0. The molecule has 2 rings (SSSR count). The first-order valence-electron chi connectivity index (χ1n) is 5.74. The molecular weight excluding hydrogens is 216 g/mol. The van der Waals surface area contributed by atoms with Gasteiger partial charge < -0.3 is 10.5 Å². The normalized spacial score (nSPS) is 14.8. The number of fused-ring (bicyclic) bond motifs is 1. The zero-order chi connectivity index (χ0) is 12.5. The van der Waals surface area contributed by atoms with Crippen LogP contribution in [-0.4, -0.2) is 26.7 Å². The van der Waals surface area contributed by atoms with Crippen molar-refractivity contribution >= 4 is 5.65 Å². The molecular formula is C12H18N4O. The Morgan fingerprint density at radius 2 is 2.24 bits per heavy atom. The van der Waals surface area contributed by atoms with Gasteiger partial charge in [-0.3, -0.25) is 0 Å². The van der Waals surface area contributed by atoms with Crippen molar-refractivity contribution in [1.29, 1.82) is 0 Å². The van der Waals surface area contributed by atoms with Gasteiger partial charge in [-0.1, -0.05) is 6.92 Å². The zero-order valence-electron chi connectivity index (χ0n) is 10.5. The Kier molecular flexibility index (Phi) is 3.02. The van der Waals surface area contributed by atoms with Crippen molar-refractivity contribution in [1.82, 2.24) is 14.6 Å². The molecule has 2 heterocycles. The number of ether oxygens (including phenoxy) is 1. The number of nitrogens with zero attached hydrogens (tertiary/aromatic N) is 3. The van der Waals surface area contributed by atoms with E-state index in [1.54, 1.807) is 4.52 Å². The molecule has 0 aliphatic heterocycles. The van der Waals surface area contributed by atoms with Gasteiger partial charge in [0, 0.05) is 11.6 Å². The minimum atomic E-state index is -0.323. The smallest absolute Gasteiger partial charge is 0.216 e. The van der Waals surface area contributed by atoms with Crippen LogP contribution >= 0.6 is 0 Å². The first kappa shape index (κ1) is 11.9. The van der Waals surface area contributed by atoms with E-state index in [9.17, 15) is 0 Å². The molecule has 0 amide bonds. The maximum Gasteiger partial charge on any atom is 0.216 e. The summed E-state index contributed by atoms with van der Waals surface area (Å²) in [6.45, 7) is 6.48. The second-order valence-electron chi connectivity index (χ2n) is 4.70. The molecule has 5 nitrogen and oxygen atoms in total. The highest BCUT2D eigenvalue weighted by atomic mass is 16.5. The summed E-state index contributed by atoms with van der Waals surface area (Å²) < 4.78 is 7.43. The van der Waals surface area contributed by atoms with Gasteiger partial charge in [-0.2, -0.15) is 9.61 Å². The Morgan fingerprint density at radius 1 is 1.47 bits per heavy atom. The Balaban J connectivity index is 2.26. The predicted molar refractivity (Wildman–Crippen MR) is 66.1 cm³/mol. The van der Waals surface area contributed by atoms with Crippen LogP contribution in [0.2, 0.25) is 0 Å². The highest BCUT2D eigenvalue weighted by Gasteiger charge is 2.17. The molecule has 17 heavy (non-hydrogen) atoms. The lowest BCUT2D eigenvalue weighted by Gasteiger charge is -2.22. The third-order valence-corrected chi connectivity index (χ3v) is 2.85. The van der Waals surface area contributed by atoms with Crippen LogP contribution in [0.1, 0.15) is 25.8 Å². The van der Waals surface area contributed by atoms with E-state index in [0.29, 0.717) is 12.5 Å². The van der Waals surface area contributed by atoms with E-state index in [1.165, 1.54) is 6.33 Å². The summed E-state index contributed by atoms with van der Waals surface area (Å²) in [5.74, 6) is 0.683. The van der Waals surface area contributed by atoms with E-state index in [-0.39, 0.29) is 5.54 Å². The van der Waals surface area contributed by atoms with Gasteiger partial charge in [-0.15, -0.1) is 0 Å². The Hall–Kier alpha value is -1.62. The number of nitrogens with two attached hydrogens (primary N) is 1. The lowest BCUT2D eigenvalue weighted by Crippen LogP contribution is -2.41. The molecule has 2 aromatic heterocycles. The number of hydrogen-bond acceptors (Lipinski definition) is 4. The number of pyridine rings is 1. The molecule has 1 atom stereocenters. The highest BCUT2D eigenvalue weighted by Crippen LogP contribution is 2.17.